The second-order valence-corrected chi connectivity index (χ2v) is 4.78. The molecule has 0 bridgehead atoms. The topological polar surface area (TPSA) is 42.5 Å². The molecule has 5 heteroatoms. The molecule has 2 aliphatic rings. The van der Waals surface area contributed by atoms with E-state index in [-0.39, 0.29) is 12.4 Å². The minimum Gasteiger partial charge on any atom is -0.383 e. The highest BCUT2D eigenvalue weighted by atomic mass is 35.5. The number of rotatable bonds is 5. The summed E-state index contributed by atoms with van der Waals surface area (Å²) in [7, 11) is 1.75. The molecule has 1 aliphatic carbocycles. The smallest absolute Gasteiger partial charge is 0.0623 e. The van der Waals surface area contributed by atoms with Gasteiger partial charge in [0.15, 0.2) is 0 Å². The molecular weight excluding hydrogens is 240 g/mol. The molecule has 2 N–H and O–H groups in total. The van der Waals surface area contributed by atoms with Crippen molar-refractivity contribution in [1.82, 2.24) is 10.6 Å². The number of morpholine rings is 1. The summed E-state index contributed by atoms with van der Waals surface area (Å²) in [6.07, 6.45) is 3.96. The molecule has 1 heterocycles. The maximum atomic E-state index is 5.55. The number of ether oxygens (including phenoxy) is 2. The van der Waals surface area contributed by atoms with Crippen molar-refractivity contribution in [3.8, 4) is 0 Å². The van der Waals surface area contributed by atoms with E-state index in [0.29, 0.717) is 12.1 Å². The predicted octanol–water partition coefficient (Wildman–Crippen LogP) is 0.801. The van der Waals surface area contributed by atoms with Gasteiger partial charge in [0, 0.05) is 32.3 Å². The van der Waals surface area contributed by atoms with Crippen LogP contribution in [0.4, 0.5) is 0 Å². The van der Waals surface area contributed by atoms with Crippen molar-refractivity contribution in [3.63, 3.8) is 0 Å². The van der Waals surface area contributed by atoms with E-state index in [1.165, 1.54) is 19.3 Å². The normalized spacial score (nSPS) is 33.4. The summed E-state index contributed by atoms with van der Waals surface area (Å²) < 4.78 is 10.6. The fraction of sp³-hybridized carbons (Fsp3) is 1.00. The van der Waals surface area contributed by atoms with Crippen LogP contribution in [0.15, 0.2) is 0 Å². The van der Waals surface area contributed by atoms with Gasteiger partial charge in [-0.2, -0.15) is 0 Å². The van der Waals surface area contributed by atoms with Crippen molar-refractivity contribution in [2.45, 2.75) is 31.3 Å². The summed E-state index contributed by atoms with van der Waals surface area (Å²) >= 11 is 0. The molecule has 2 rings (SSSR count). The molecule has 0 aromatic heterocycles. The van der Waals surface area contributed by atoms with Crippen LogP contribution in [0, 0.1) is 5.92 Å². The molecule has 0 aromatic carbocycles. The highest BCUT2D eigenvalue weighted by Crippen LogP contribution is 2.29. The van der Waals surface area contributed by atoms with Crippen LogP contribution in [0.1, 0.15) is 19.3 Å². The van der Waals surface area contributed by atoms with Gasteiger partial charge in [-0.05, 0) is 18.8 Å². The zero-order valence-electron chi connectivity index (χ0n) is 10.6. The van der Waals surface area contributed by atoms with E-state index in [1.807, 2.05) is 0 Å². The van der Waals surface area contributed by atoms with Gasteiger partial charge in [0.1, 0.15) is 0 Å². The Hall–Kier alpha value is 0.130. The van der Waals surface area contributed by atoms with Crippen molar-refractivity contribution in [2.75, 3.05) is 40.0 Å². The molecule has 1 aliphatic heterocycles. The van der Waals surface area contributed by atoms with E-state index in [2.05, 4.69) is 10.6 Å². The summed E-state index contributed by atoms with van der Waals surface area (Å²) in [5.41, 5.74) is 0. The van der Waals surface area contributed by atoms with Crippen LogP contribution in [0.5, 0.6) is 0 Å². The maximum Gasteiger partial charge on any atom is 0.0623 e. The second-order valence-electron chi connectivity index (χ2n) is 4.78. The van der Waals surface area contributed by atoms with Gasteiger partial charge in [-0.3, -0.25) is 0 Å². The summed E-state index contributed by atoms with van der Waals surface area (Å²) in [5.74, 6) is 0.733. The van der Waals surface area contributed by atoms with Crippen LogP contribution in [0.25, 0.3) is 0 Å². The Morgan fingerprint density at radius 3 is 3.00 bits per heavy atom. The van der Waals surface area contributed by atoms with Crippen molar-refractivity contribution in [3.05, 3.63) is 0 Å². The summed E-state index contributed by atoms with van der Waals surface area (Å²) in [6, 6.07) is 1.20. The summed E-state index contributed by atoms with van der Waals surface area (Å²) in [5, 5.41) is 7.19. The number of methoxy groups -OCH3 is 1. The van der Waals surface area contributed by atoms with Gasteiger partial charge in [0.05, 0.1) is 19.8 Å². The van der Waals surface area contributed by atoms with Gasteiger partial charge in [0.2, 0.25) is 0 Å². The van der Waals surface area contributed by atoms with Crippen molar-refractivity contribution in [2.24, 2.45) is 5.92 Å². The first-order valence-corrected chi connectivity index (χ1v) is 6.45. The maximum absolute atomic E-state index is 5.55. The fourth-order valence-corrected chi connectivity index (χ4v) is 2.93. The molecule has 0 spiro atoms. The molecule has 1 saturated carbocycles. The van der Waals surface area contributed by atoms with Crippen LogP contribution in [0.2, 0.25) is 0 Å². The van der Waals surface area contributed by atoms with E-state index in [9.17, 15) is 0 Å². The van der Waals surface area contributed by atoms with Gasteiger partial charge in [-0.15, -0.1) is 12.4 Å². The van der Waals surface area contributed by atoms with Gasteiger partial charge in [-0.25, -0.2) is 0 Å². The largest absolute Gasteiger partial charge is 0.383 e. The van der Waals surface area contributed by atoms with Crippen molar-refractivity contribution in [1.29, 1.82) is 0 Å². The van der Waals surface area contributed by atoms with Crippen LogP contribution >= 0.6 is 12.4 Å². The SMILES string of the molecule is COCCNC1CCCC1C1COCCN1.Cl. The van der Waals surface area contributed by atoms with E-state index in [0.717, 1.165) is 38.8 Å². The van der Waals surface area contributed by atoms with Gasteiger partial charge >= 0.3 is 0 Å². The van der Waals surface area contributed by atoms with E-state index >= 15 is 0 Å². The first-order chi connectivity index (χ1) is 7.92. The lowest BCUT2D eigenvalue weighted by Gasteiger charge is -2.33. The van der Waals surface area contributed by atoms with E-state index in [4.69, 9.17) is 9.47 Å². The highest BCUT2D eigenvalue weighted by molar-refractivity contribution is 5.85. The standard InChI is InChI=1S/C12H24N2O2.ClH/c1-15-7-5-13-11-4-2-3-10(11)12-9-16-8-6-14-12;/h10-14H,2-9H2,1H3;1H. The third kappa shape index (κ3) is 4.38. The van der Waals surface area contributed by atoms with Crippen molar-refractivity contribution >= 4 is 12.4 Å². The molecule has 4 nitrogen and oxygen atoms in total. The lowest BCUT2D eigenvalue weighted by atomic mass is 9.94. The Balaban J connectivity index is 0.00000144. The fourth-order valence-electron chi connectivity index (χ4n) is 2.93. The molecule has 3 unspecified atom stereocenters. The first-order valence-electron chi connectivity index (χ1n) is 6.45. The number of hydrogen-bond acceptors (Lipinski definition) is 4. The van der Waals surface area contributed by atoms with Crippen LogP contribution in [0.3, 0.4) is 0 Å². The van der Waals surface area contributed by atoms with Crippen molar-refractivity contribution < 1.29 is 9.47 Å². The number of nitrogens with one attached hydrogen (secondary N) is 2. The van der Waals surface area contributed by atoms with E-state index in [1.54, 1.807) is 7.11 Å². The molecule has 17 heavy (non-hydrogen) atoms. The average Bonchev–Trinajstić information content (AvgIpc) is 2.79. The Kier molecular flexibility index (Phi) is 7.39. The van der Waals surface area contributed by atoms with Gasteiger partial charge in [-0.1, -0.05) is 6.42 Å². The van der Waals surface area contributed by atoms with Crippen LogP contribution in [-0.2, 0) is 9.47 Å². The Morgan fingerprint density at radius 1 is 1.41 bits per heavy atom. The molecular formula is C12H25ClN2O2. The van der Waals surface area contributed by atoms with Gasteiger partial charge < -0.3 is 20.1 Å². The minimum absolute atomic E-state index is 0. The molecule has 0 amide bonds. The third-order valence-corrected chi connectivity index (χ3v) is 3.75. The number of hydrogen-bond donors (Lipinski definition) is 2. The monoisotopic (exact) mass is 264 g/mol. The molecule has 3 atom stereocenters. The second kappa shape index (κ2) is 8.27. The zero-order valence-corrected chi connectivity index (χ0v) is 11.4. The van der Waals surface area contributed by atoms with Crippen LogP contribution < -0.4 is 10.6 Å². The van der Waals surface area contributed by atoms with Gasteiger partial charge in [0.25, 0.3) is 0 Å². The van der Waals surface area contributed by atoms with E-state index < -0.39 is 0 Å². The molecule has 0 radical (unpaired) electrons. The third-order valence-electron chi connectivity index (χ3n) is 3.75. The number of halogens is 1. The molecule has 102 valence electrons. The Bertz CT molecular complexity index is 201. The summed E-state index contributed by atoms with van der Waals surface area (Å²) in [4.78, 5) is 0. The summed E-state index contributed by atoms with van der Waals surface area (Å²) in [6.45, 7) is 4.52. The predicted molar refractivity (Wildman–Crippen MR) is 70.9 cm³/mol. The first kappa shape index (κ1) is 15.2. The zero-order chi connectivity index (χ0) is 11.2. The molecule has 0 aromatic rings. The lowest BCUT2D eigenvalue weighted by molar-refractivity contribution is 0.0520. The molecule has 1 saturated heterocycles. The lowest BCUT2D eigenvalue weighted by Crippen LogP contribution is -2.51. The average molecular weight is 265 g/mol. The highest BCUT2D eigenvalue weighted by Gasteiger charge is 2.34. The molecule has 2 fully saturated rings. The Morgan fingerprint density at radius 2 is 2.29 bits per heavy atom. The minimum atomic E-state index is 0. The van der Waals surface area contributed by atoms with Crippen LogP contribution in [-0.4, -0.2) is 52.1 Å². The Labute approximate surface area is 110 Å². The quantitative estimate of drug-likeness (QED) is 0.721.